The van der Waals surface area contributed by atoms with Crippen LogP contribution in [-0.4, -0.2) is 19.6 Å². The highest BCUT2D eigenvalue weighted by molar-refractivity contribution is 9.10. The number of hydrogen-bond donors (Lipinski definition) is 0. The molecule has 1 aromatic carbocycles. The standard InChI is InChI=1S/C17H9BrClFN4/c18-11-5-3-4-10(8-11)15-14(13-6-1-2-7-24(13)23-15)16-12(20)9-21-17(19)22-16/h1-9H. The summed E-state index contributed by atoms with van der Waals surface area (Å²) in [6.07, 6.45) is 2.88. The van der Waals surface area contributed by atoms with Crippen molar-refractivity contribution >= 4 is 33.0 Å². The van der Waals surface area contributed by atoms with Crippen LogP contribution in [0.1, 0.15) is 0 Å². The van der Waals surface area contributed by atoms with Crippen molar-refractivity contribution in [2.75, 3.05) is 0 Å². The van der Waals surface area contributed by atoms with Gasteiger partial charge in [0, 0.05) is 16.2 Å². The number of fused-ring (bicyclic) bond motifs is 1. The highest BCUT2D eigenvalue weighted by atomic mass is 79.9. The Labute approximate surface area is 150 Å². The number of halogens is 3. The normalized spacial score (nSPS) is 11.1. The van der Waals surface area contributed by atoms with Crippen molar-refractivity contribution in [2.24, 2.45) is 0 Å². The first kappa shape index (κ1) is 15.2. The van der Waals surface area contributed by atoms with Crippen molar-refractivity contribution in [1.82, 2.24) is 19.6 Å². The van der Waals surface area contributed by atoms with Crippen LogP contribution in [0.2, 0.25) is 5.28 Å². The zero-order valence-electron chi connectivity index (χ0n) is 12.1. The van der Waals surface area contributed by atoms with Crippen molar-refractivity contribution < 1.29 is 4.39 Å². The van der Waals surface area contributed by atoms with E-state index in [1.165, 1.54) is 0 Å². The molecule has 7 heteroatoms. The highest BCUT2D eigenvalue weighted by Crippen LogP contribution is 2.36. The van der Waals surface area contributed by atoms with Crippen molar-refractivity contribution in [2.45, 2.75) is 0 Å². The number of hydrogen-bond acceptors (Lipinski definition) is 3. The molecule has 0 atom stereocenters. The summed E-state index contributed by atoms with van der Waals surface area (Å²) < 4.78 is 17.0. The molecule has 4 nitrogen and oxygen atoms in total. The quantitative estimate of drug-likeness (QED) is 0.442. The van der Waals surface area contributed by atoms with Gasteiger partial charge in [0.15, 0.2) is 5.82 Å². The fourth-order valence-corrected chi connectivity index (χ4v) is 3.12. The van der Waals surface area contributed by atoms with Crippen LogP contribution in [0.4, 0.5) is 4.39 Å². The Morgan fingerprint density at radius 3 is 2.79 bits per heavy atom. The number of rotatable bonds is 2. The van der Waals surface area contributed by atoms with Gasteiger partial charge in [0.1, 0.15) is 11.4 Å². The molecule has 0 saturated heterocycles. The summed E-state index contributed by atoms with van der Waals surface area (Å²) in [6.45, 7) is 0. The summed E-state index contributed by atoms with van der Waals surface area (Å²) in [6, 6.07) is 13.2. The summed E-state index contributed by atoms with van der Waals surface area (Å²) in [4.78, 5) is 7.78. The zero-order valence-corrected chi connectivity index (χ0v) is 14.5. The van der Waals surface area contributed by atoms with Gasteiger partial charge in [0.2, 0.25) is 5.28 Å². The van der Waals surface area contributed by atoms with E-state index in [-0.39, 0.29) is 11.0 Å². The van der Waals surface area contributed by atoms with E-state index in [0.29, 0.717) is 11.3 Å². The molecule has 3 heterocycles. The zero-order chi connectivity index (χ0) is 16.7. The van der Waals surface area contributed by atoms with Crippen molar-refractivity contribution in [3.8, 4) is 22.5 Å². The third-order valence-corrected chi connectivity index (χ3v) is 4.26. The lowest BCUT2D eigenvalue weighted by Gasteiger charge is -2.05. The SMILES string of the molecule is Fc1cnc(Cl)nc1-c1c(-c2cccc(Br)c2)nn2ccccc12. The number of nitrogens with zero attached hydrogens (tertiary/aromatic N) is 4. The second kappa shape index (κ2) is 5.96. The summed E-state index contributed by atoms with van der Waals surface area (Å²) in [7, 11) is 0. The molecule has 0 aliphatic carbocycles. The van der Waals surface area contributed by atoms with Crippen LogP contribution in [0.3, 0.4) is 0 Å². The maximum Gasteiger partial charge on any atom is 0.223 e. The van der Waals surface area contributed by atoms with Crippen LogP contribution in [0.15, 0.2) is 59.3 Å². The molecule has 0 saturated carbocycles. The van der Waals surface area contributed by atoms with E-state index in [1.54, 1.807) is 10.7 Å². The Morgan fingerprint density at radius 1 is 1.08 bits per heavy atom. The van der Waals surface area contributed by atoms with E-state index < -0.39 is 5.82 Å². The van der Waals surface area contributed by atoms with Crippen LogP contribution in [0, 0.1) is 5.82 Å². The topological polar surface area (TPSA) is 43.1 Å². The minimum absolute atomic E-state index is 0.0122. The van der Waals surface area contributed by atoms with Crippen molar-refractivity contribution in [3.05, 3.63) is 70.4 Å². The van der Waals surface area contributed by atoms with Gasteiger partial charge < -0.3 is 0 Å². The monoisotopic (exact) mass is 402 g/mol. The van der Waals surface area contributed by atoms with E-state index in [1.807, 2.05) is 42.5 Å². The van der Waals surface area contributed by atoms with Crippen LogP contribution in [0.5, 0.6) is 0 Å². The molecular formula is C17H9BrClFN4. The van der Waals surface area contributed by atoms with Gasteiger partial charge >= 0.3 is 0 Å². The third kappa shape index (κ3) is 2.57. The lowest BCUT2D eigenvalue weighted by atomic mass is 10.0. The Kier molecular flexibility index (Phi) is 3.78. The molecule has 0 amide bonds. The van der Waals surface area contributed by atoms with Crippen LogP contribution < -0.4 is 0 Å². The van der Waals surface area contributed by atoms with Crippen molar-refractivity contribution in [3.63, 3.8) is 0 Å². The van der Waals surface area contributed by atoms with Gasteiger partial charge in [-0.1, -0.05) is 34.1 Å². The summed E-state index contributed by atoms with van der Waals surface area (Å²) >= 11 is 9.34. The predicted octanol–water partition coefficient (Wildman–Crippen LogP) is 5.01. The highest BCUT2D eigenvalue weighted by Gasteiger charge is 2.21. The van der Waals surface area contributed by atoms with E-state index in [0.717, 1.165) is 21.7 Å². The van der Waals surface area contributed by atoms with Crippen LogP contribution >= 0.6 is 27.5 Å². The van der Waals surface area contributed by atoms with Gasteiger partial charge in [-0.2, -0.15) is 5.10 Å². The molecule has 0 N–H and O–H groups in total. The van der Waals surface area contributed by atoms with Crippen LogP contribution in [-0.2, 0) is 0 Å². The van der Waals surface area contributed by atoms with Gasteiger partial charge in [0.05, 0.1) is 17.3 Å². The largest absolute Gasteiger partial charge is 0.240 e. The average Bonchev–Trinajstić information content (AvgIpc) is 2.96. The van der Waals surface area contributed by atoms with E-state index in [9.17, 15) is 4.39 Å². The van der Waals surface area contributed by atoms with Gasteiger partial charge in [-0.3, -0.25) is 0 Å². The predicted molar refractivity (Wildman–Crippen MR) is 94.3 cm³/mol. The molecule has 0 unspecified atom stereocenters. The molecule has 0 fully saturated rings. The maximum atomic E-state index is 14.4. The molecule has 0 spiro atoms. The first-order valence-electron chi connectivity index (χ1n) is 7.05. The molecule has 0 bridgehead atoms. The maximum absolute atomic E-state index is 14.4. The van der Waals surface area contributed by atoms with Crippen LogP contribution in [0.25, 0.3) is 28.0 Å². The molecule has 0 radical (unpaired) electrons. The van der Waals surface area contributed by atoms with Gasteiger partial charge in [-0.05, 0) is 35.9 Å². The minimum Gasteiger partial charge on any atom is -0.240 e. The number of benzene rings is 1. The summed E-state index contributed by atoms with van der Waals surface area (Å²) in [5.41, 5.74) is 2.91. The Bertz CT molecular complexity index is 1060. The first-order chi connectivity index (χ1) is 11.6. The van der Waals surface area contributed by atoms with Crippen molar-refractivity contribution in [1.29, 1.82) is 0 Å². The molecule has 0 aliphatic rings. The fraction of sp³-hybridized carbons (Fsp3) is 0. The Balaban J connectivity index is 2.09. The molecular weight excluding hydrogens is 395 g/mol. The molecule has 0 aliphatic heterocycles. The summed E-state index contributed by atoms with van der Waals surface area (Å²) in [5.74, 6) is -0.547. The Morgan fingerprint density at radius 2 is 1.96 bits per heavy atom. The average molecular weight is 404 g/mol. The minimum atomic E-state index is -0.547. The second-order valence-electron chi connectivity index (χ2n) is 5.10. The third-order valence-electron chi connectivity index (χ3n) is 3.59. The molecule has 4 rings (SSSR count). The summed E-state index contributed by atoms with van der Waals surface area (Å²) in [5, 5.41) is 4.58. The number of pyridine rings is 1. The lowest BCUT2D eigenvalue weighted by molar-refractivity contribution is 0.618. The molecule has 24 heavy (non-hydrogen) atoms. The fourth-order valence-electron chi connectivity index (χ4n) is 2.59. The molecule has 3 aromatic heterocycles. The second-order valence-corrected chi connectivity index (χ2v) is 6.35. The van der Waals surface area contributed by atoms with E-state index in [2.05, 4.69) is 31.0 Å². The number of aromatic nitrogens is 4. The molecule has 118 valence electrons. The van der Waals surface area contributed by atoms with Gasteiger partial charge in [-0.15, -0.1) is 0 Å². The van der Waals surface area contributed by atoms with Gasteiger partial charge in [-0.25, -0.2) is 18.9 Å². The Hall–Kier alpha value is -2.31. The van der Waals surface area contributed by atoms with E-state index >= 15 is 0 Å². The smallest absolute Gasteiger partial charge is 0.223 e. The van der Waals surface area contributed by atoms with E-state index in [4.69, 9.17) is 11.6 Å². The lowest BCUT2D eigenvalue weighted by Crippen LogP contribution is -1.94. The first-order valence-corrected chi connectivity index (χ1v) is 8.22. The molecule has 4 aromatic rings. The van der Waals surface area contributed by atoms with Gasteiger partial charge in [0.25, 0.3) is 0 Å².